The summed E-state index contributed by atoms with van der Waals surface area (Å²) < 4.78 is 3.03. The number of nitrogens with zero attached hydrogens (tertiary/aromatic N) is 2. The van der Waals surface area contributed by atoms with E-state index in [2.05, 4.69) is 28.0 Å². The van der Waals surface area contributed by atoms with Gasteiger partial charge >= 0.3 is 0 Å². The normalized spacial score (nSPS) is 10.6. The molecule has 1 heterocycles. The minimum atomic E-state index is 0.779. The molecule has 0 amide bonds. The van der Waals surface area contributed by atoms with E-state index in [1.165, 1.54) is 0 Å². The second kappa shape index (κ2) is 4.70. The van der Waals surface area contributed by atoms with Gasteiger partial charge in [0.25, 0.3) is 0 Å². The first-order chi connectivity index (χ1) is 7.72. The van der Waals surface area contributed by atoms with E-state index in [0.29, 0.717) is 0 Å². The minimum absolute atomic E-state index is 0.779. The summed E-state index contributed by atoms with van der Waals surface area (Å²) in [5.74, 6) is 0. The highest BCUT2D eigenvalue weighted by molar-refractivity contribution is 9.10. The molecule has 84 valence electrons. The monoisotopic (exact) mass is 279 g/mol. The van der Waals surface area contributed by atoms with Crippen LogP contribution in [0.2, 0.25) is 0 Å². The number of aromatic nitrogens is 2. The number of rotatable bonds is 3. The maximum absolute atomic E-state index is 5.68. The zero-order valence-electron chi connectivity index (χ0n) is 9.15. The number of hydrogen-bond acceptors (Lipinski definition) is 2. The van der Waals surface area contributed by atoms with Gasteiger partial charge in [-0.05, 0) is 34.5 Å². The Morgan fingerprint density at radius 1 is 1.31 bits per heavy atom. The van der Waals surface area contributed by atoms with Crippen LogP contribution in [0.1, 0.15) is 13.3 Å². The van der Waals surface area contributed by atoms with Gasteiger partial charge < -0.3 is 5.73 Å². The Morgan fingerprint density at radius 3 is 2.62 bits per heavy atom. The molecule has 0 saturated carbocycles. The van der Waals surface area contributed by atoms with E-state index in [0.717, 1.165) is 34.4 Å². The van der Waals surface area contributed by atoms with Gasteiger partial charge in [0.1, 0.15) is 0 Å². The van der Waals surface area contributed by atoms with Gasteiger partial charge in [-0.2, -0.15) is 5.10 Å². The topological polar surface area (TPSA) is 43.8 Å². The average molecular weight is 280 g/mol. The molecule has 2 aromatic rings. The second-order valence-electron chi connectivity index (χ2n) is 3.69. The molecule has 3 nitrogen and oxygen atoms in total. The lowest BCUT2D eigenvalue weighted by Crippen LogP contribution is -2.01. The molecule has 0 atom stereocenters. The van der Waals surface area contributed by atoms with Crippen molar-refractivity contribution in [1.82, 2.24) is 9.78 Å². The van der Waals surface area contributed by atoms with E-state index in [1.54, 1.807) is 0 Å². The van der Waals surface area contributed by atoms with Gasteiger partial charge in [-0.3, -0.25) is 4.68 Å². The molecule has 2 rings (SSSR count). The van der Waals surface area contributed by atoms with Crippen LogP contribution in [-0.4, -0.2) is 9.78 Å². The molecule has 0 unspecified atom stereocenters. The van der Waals surface area contributed by atoms with E-state index >= 15 is 0 Å². The standard InChI is InChI=1S/C12H14BrN3/c1-2-7-16-12(11(13)8-15-16)9-3-5-10(14)6-4-9/h3-6,8H,2,7,14H2,1H3. The summed E-state index contributed by atoms with van der Waals surface area (Å²) in [4.78, 5) is 0. The Labute approximate surface area is 103 Å². The van der Waals surface area contributed by atoms with E-state index in [-0.39, 0.29) is 0 Å². The zero-order chi connectivity index (χ0) is 11.5. The number of aryl methyl sites for hydroxylation is 1. The van der Waals surface area contributed by atoms with Crippen LogP contribution in [0.15, 0.2) is 34.9 Å². The number of halogens is 1. The number of benzene rings is 1. The van der Waals surface area contributed by atoms with Gasteiger partial charge in [-0.25, -0.2) is 0 Å². The van der Waals surface area contributed by atoms with Crippen LogP contribution in [0, 0.1) is 0 Å². The predicted octanol–water partition coefficient (Wildman–Crippen LogP) is 3.30. The third-order valence-corrected chi connectivity index (χ3v) is 2.99. The minimum Gasteiger partial charge on any atom is -0.399 e. The maximum Gasteiger partial charge on any atom is 0.0824 e. The predicted molar refractivity (Wildman–Crippen MR) is 70.1 cm³/mol. The highest BCUT2D eigenvalue weighted by Crippen LogP contribution is 2.28. The van der Waals surface area contributed by atoms with Gasteiger partial charge in [-0.15, -0.1) is 0 Å². The fourth-order valence-corrected chi connectivity index (χ4v) is 2.20. The van der Waals surface area contributed by atoms with E-state index < -0.39 is 0 Å². The molecule has 0 bridgehead atoms. The lowest BCUT2D eigenvalue weighted by atomic mass is 10.1. The Hall–Kier alpha value is -1.29. The van der Waals surface area contributed by atoms with Gasteiger partial charge in [0.05, 0.1) is 16.4 Å². The van der Waals surface area contributed by atoms with Crippen LogP contribution >= 0.6 is 15.9 Å². The number of nitrogen functional groups attached to an aromatic ring is 1. The average Bonchev–Trinajstić information content (AvgIpc) is 2.62. The molecular formula is C12H14BrN3. The molecule has 16 heavy (non-hydrogen) atoms. The summed E-state index contributed by atoms with van der Waals surface area (Å²) in [7, 11) is 0. The van der Waals surface area contributed by atoms with Crippen LogP contribution in [-0.2, 0) is 6.54 Å². The van der Waals surface area contributed by atoms with Gasteiger partial charge in [-0.1, -0.05) is 19.1 Å². The lowest BCUT2D eigenvalue weighted by molar-refractivity contribution is 0.609. The molecule has 0 saturated heterocycles. The largest absolute Gasteiger partial charge is 0.399 e. The van der Waals surface area contributed by atoms with Crippen molar-refractivity contribution < 1.29 is 0 Å². The molecule has 0 fully saturated rings. The first kappa shape index (κ1) is 11.2. The third kappa shape index (κ3) is 2.11. The first-order valence-corrected chi connectivity index (χ1v) is 6.09. The second-order valence-corrected chi connectivity index (χ2v) is 4.54. The van der Waals surface area contributed by atoms with Crippen molar-refractivity contribution in [3.63, 3.8) is 0 Å². The van der Waals surface area contributed by atoms with Crippen molar-refractivity contribution in [3.05, 3.63) is 34.9 Å². The fraction of sp³-hybridized carbons (Fsp3) is 0.250. The number of nitrogens with two attached hydrogens (primary N) is 1. The molecule has 1 aromatic carbocycles. The fourth-order valence-electron chi connectivity index (χ4n) is 1.67. The van der Waals surface area contributed by atoms with Crippen molar-refractivity contribution >= 4 is 21.6 Å². The van der Waals surface area contributed by atoms with Crippen LogP contribution in [0.3, 0.4) is 0 Å². The molecule has 2 N–H and O–H groups in total. The highest BCUT2D eigenvalue weighted by atomic mass is 79.9. The summed E-state index contributed by atoms with van der Waals surface area (Å²) >= 11 is 3.53. The molecule has 0 aliphatic rings. The van der Waals surface area contributed by atoms with Crippen molar-refractivity contribution in [1.29, 1.82) is 0 Å². The van der Waals surface area contributed by atoms with Gasteiger partial charge in [0, 0.05) is 17.8 Å². The highest BCUT2D eigenvalue weighted by Gasteiger charge is 2.10. The molecule has 0 spiro atoms. The summed E-state index contributed by atoms with van der Waals surface area (Å²) in [6.45, 7) is 3.06. The SMILES string of the molecule is CCCn1ncc(Br)c1-c1ccc(N)cc1. The van der Waals surface area contributed by atoms with Gasteiger partial charge in [0.15, 0.2) is 0 Å². The van der Waals surface area contributed by atoms with Crippen molar-refractivity contribution in [2.24, 2.45) is 0 Å². The van der Waals surface area contributed by atoms with E-state index in [1.807, 2.05) is 35.1 Å². The molecule has 0 radical (unpaired) electrons. The Balaban J connectivity index is 2.45. The maximum atomic E-state index is 5.68. The number of anilines is 1. The van der Waals surface area contributed by atoms with Crippen molar-refractivity contribution in [2.75, 3.05) is 5.73 Å². The quantitative estimate of drug-likeness (QED) is 0.877. The number of hydrogen-bond donors (Lipinski definition) is 1. The van der Waals surface area contributed by atoms with Crippen LogP contribution < -0.4 is 5.73 Å². The summed E-state index contributed by atoms with van der Waals surface area (Å²) in [6, 6.07) is 7.85. The molecule has 0 aliphatic carbocycles. The van der Waals surface area contributed by atoms with Crippen molar-refractivity contribution in [2.45, 2.75) is 19.9 Å². The zero-order valence-corrected chi connectivity index (χ0v) is 10.7. The van der Waals surface area contributed by atoms with Crippen LogP contribution in [0.5, 0.6) is 0 Å². The molecule has 4 heteroatoms. The Kier molecular flexibility index (Phi) is 3.29. The summed E-state index contributed by atoms with van der Waals surface area (Å²) in [5.41, 5.74) is 8.70. The Morgan fingerprint density at radius 2 is 2.00 bits per heavy atom. The molecular weight excluding hydrogens is 266 g/mol. The van der Waals surface area contributed by atoms with E-state index in [9.17, 15) is 0 Å². The smallest absolute Gasteiger partial charge is 0.0824 e. The van der Waals surface area contributed by atoms with Gasteiger partial charge in [0.2, 0.25) is 0 Å². The molecule has 1 aromatic heterocycles. The lowest BCUT2D eigenvalue weighted by Gasteiger charge is -2.07. The third-order valence-electron chi connectivity index (χ3n) is 2.41. The summed E-state index contributed by atoms with van der Waals surface area (Å²) in [5, 5.41) is 4.34. The van der Waals surface area contributed by atoms with Crippen LogP contribution in [0.4, 0.5) is 5.69 Å². The summed E-state index contributed by atoms with van der Waals surface area (Å²) in [6.07, 6.45) is 2.90. The molecule has 0 aliphatic heterocycles. The Bertz CT molecular complexity index is 474. The van der Waals surface area contributed by atoms with Crippen molar-refractivity contribution in [3.8, 4) is 11.3 Å². The van der Waals surface area contributed by atoms with E-state index in [4.69, 9.17) is 5.73 Å². The van der Waals surface area contributed by atoms with Crippen LogP contribution in [0.25, 0.3) is 11.3 Å². The first-order valence-electron chi connectivity index (χ1n) is 5.29.